The first-order chi connectivity index (χ1) is 17.3. The van der Waals surface area contributed by atoms with E-state index in [2.05, 4.69) is 10.2 Å². The fraction of sp³-hybridized carbons (Fsp3) is 0.708. The second-order valence-electron chi connectivity index (χ2n) is 9.53. The number of morpholine rings is 1. The molecule has 0 spiro atoms. The third kappa shape index (κ3) is 7.38. The number of benzene rings is 1. The number of rotatable bonds is 8. The van der Waals surface area contributed by atoms with Gasteiger partial charge < -0.3 is 24.6 Å². The lowest BCUT2D eigenvalue weighted by atomic mass is 9.96. The van der Waals surface area contributed by atoms with Gasteiger partial charge >= 0.3 is 0 Å². The number of nitrogens with one attached hydrogen (secondary N) is 1. The minimum atomic E-state index is -3.93. The van der Waals surface area contributed by atoms with Crippen molar-refractivity contribution in [2.75, 3.05) is 59.2 Å². The van der Waals surface area contributed by atoms with Crippen molar-refractivity contribution >= 4 is 27.5 Å². The van der Waals surface area contributed by atoms with E-state index < -0.39 is 28.3 Å². The van der Waals surface area contributed by atoms with Crippen molar-refractivity contribution in [1.82, 2.24) is 14.5 Å². The monoisotopic (exact) mass is 545 g/mol. The van der Waals surface area contributed by atoms with E-state index in [9.17, 15) is 18.3 Å². The molecule has 3 aliphatic rings. The first kappa shape index (κ1) is 27.7. The molecule has 0 radical (unpaired) electrons. The molecule has 1 aromatic rings. The van der Waals surface area contributed by atoms with Gasteiger partial charge in [0.1, 0.15) is 0 Å². The number of β-amino-alcohol motifs (C(OH)–C–C–N with tert-alkyl or cyclic N) is 1. The second-order valence-corrected chi connectivity index (χ2v) is 11.9. The van der Waals surface area contributed by atoms with E-state index in [1.54, 1.807) is 12.1 Å². The van der Waals surface area contributed by atoms with Crippen molar-refractivity contribution in [2.45, 2.75) is 54.9 Å². The van der Waals surface area contributed by atoms with E-state index in [1.807, 2.05) is 0 Å². The number of sulfonamides is 1. The molecule has 3 aliphatic heterocycles. The van der Waals surface area contributed by atoms with E-state index in [1.165, 1.54) is 16.4 Å². The van der Waals surface area contributed by atoms with Gasteiger partial charge in [-0.2, -0.15) is 4.31 Å². The predicted octanol–water partition coefficient (Wildman–Crippen LogP) is 0.867. The number of amides is 1. The summed E-state index contributed by atoms with van der Waals surface area (Å²) >= 11 is 6.04. The Morgan fingerprint density at radius 1 is 1.17 bits per heavy atom. The molecular formula is C24H36ClN3O7S. The normalized spacial score (nSPS) is 28.6. The van der Waals surface area contributed by atoms with Crippen LogP contribution >= 0.6 is 11.6 Å². The maximum absolute atomic E-state index is 13.5. The Morgan fingerprint density at radius 3 is 2.75 bits per heavy atom. The second kappa shape index (κ2) is 13.0. The summed E-state index contributed by atoms with van der Waals surface area (Å²) in [6, 6.07) is 5.58. The molecule has 4 rings (SSSR count). The number of carbonyl (C=O) groups excluding carboxylic acids is 1. The minimum Gasteiger partial charge on any atom is -0.389 e. The van der Waals surface area contributed by atoms with Crippen molar-refractivity contribution in [3.05, 3.63) is 29.3 Å². The summed E-state index contributed by atoms with van der Waals surface area (Å²) in [6.07, 6.45) is 0.281. The number of hydrogen-bond acceptors (Lipinski definition) is 8. The Labute approximate surface area is 217 Å². The standard InChI is InChI=1S/C24H36ClN3O7S/c25-18-3-1-4-21(13-18)36(31,32)28-15-19(29)16-34-17-23-22(28)6-5-20(35-23)14-24(30)26-7-2-8-27-9-11-33-12-10-27/h1,3-4,13,19-20,22-23,29H,2,5-12,14-17H2,(H,26,30)/t19-,20+,22-,23+/m1/s1. The predicted molar refractivity (Wildman–Crippen MR) is 133 cm³/mol. The van der Waals surface area contributed by atoms with Crippen molar-refractivity contribution in [2.24, 2.45) is 0 Å². The van der Waals surface area contributed by atoms with Gasteiger partial charge in [0.2, 0.25) is 15.9 Å². The average molecular weight is 546 g/mol. The molecule has 0 aliphatic carbocycles. The lowest BCUT2D eigenvalue weighted by molar-refractivity contribution is -0.146. The molecule has 0 bridgehead atoms. The average Bonchev–Trinajstić information content (AvgIpc) is 2.85. The summed E-state index contributed by atoms with van der Waals surface area (Å²) in [4.78, 5) is 14.9. The molecular weight excluding hydrogens is 510 g/mol. The summed E-state index contributed by atoms with van der Waals surface area (Å²) in [5.74, 6) is -0.0778. The number of nitrogens with zero attached hydrogens (tertiary/aromatic N) is 2. The smallest absolute Gasteiger partial charge is 0.243 e. The third-order valence-electron chi connectivity index (χ3n) is 6.83. The number of hydrogen-bond donors (Lipinski definition) is 2. The summed E-state index contributed by atoms with van der Waals surface area (Å²) in [5.41, 5.74) is 0. The quantitative estimate of drug-likeness (QED) is 0.462. The third-order valence-corrected chi connectivity index (χ3v) is 8.95. The zero-order valence-electron chi connectivity index (χ0n) is 20.4. The molecule has 4 atom stereocenters. The van der Waals surface area contributed by atoms with Gasteiger partial charge in [-0.1, -0.05) is 17.7 Å². The molecule has 1 amide bonds. The number of carbonyl (C=O) groups is 1. The van der Waals surface area contributed by atoms with Gasteiger partial charge in [0.15, 0.2) is 0 Å². The Kier molecular flexibility index (Phi) is 9.98. The van der Waals surface area contributed by atoms with Crippen molar-refractivity contribution in [3.63, 3.8) is 0 Å². The van der Waals surface area contributed by atoms with Crippen molar-refractivity contribution < 1.29 is 32.5 Å². The SMILES string of the molecule is O=C(C[C@@H]1CC[C@@H]2[C@H](COC[C@H](O)CN2S(=O)(=O)c2cccc(Cl)c2)O1)NCCCN1CCOCC1. The van der Waals surface area contributed by atoms with Crippen LogP contribution in [-0.2, 0) is 29.0 Å². The van der Waals surface area contributed by atoms with Crippen LogP contribution in [0.3, 0.4) is 0 Å². The van der Waals surface area contributed by atoms with Crippen LogP contribution in [-0.4, -0.2) is 112 Å². The lowest BCUT2D eigenvalue weighted by Gasteiger charge is -2.43. The van der Waals surface area contributed by atoms with Crippen LogP contribution in [0.15, 0.2) is 29.2 Å². The summed E-state index contributed by atoms with van der Waals surface area (Å²) in [7, 11) is -3.93. The van der Waals surface area contributed by atoms with Crippen LogP contribution in [0.5, 0.6) is 0 Å². The van der Waals surface area contributed by atoms with Crippen LogP contribution in [0.1, 0.15) is 25.7 Å². The highest BCUT2D eigenvalue weighted by Crippen LogP contribution is 2.32. The van der Waals surface area contributed by atoms with E-state index in [-0.39, 0.29) is 43.1 Å². The number of aliphatic hydroxyl groups is 1. The maximum Gasteiger partial charge on any atom is 0.243 e. The minimum absolute atomic E-state index is 0.00242. The fourth-order valence-corrected chi connectivity index (χ4v) is 6.99. The number of fused-ring (bicyclic) bond motifs is 1. The molecule has 0 saturated carbocycles. The topological polar surface area (TPSA) is 118 Å². The highest BCUT2D eigenvalue weighted by molar-refractivity contribution is 7.89. The zero-order valence-corrected chi connectivity index (χ0v) is 22.0. The number of ether oxygens (including phenoxy) is 3. The number of halogens is 1. The first-order valence-corrected chi connectivity index (χ1v) is 14.4. The van der Waals surface area contributed by atoms with Crippen molar-refractivity contribution in [1.29, 1.82) is 0 Å². The molecule has 3 heterocycles. The Bertz CT molecular complexity index is 976. The molecule has 12 heteroatoms. The van der Waals surface area contributed by atoms with Gasteiger partial charge in [0, 0.05) is 31.2 Å². The van der Waals surface area contributed by atoms with E-state index in [0.29, 0.717) is 24.4 Å². The fourth-order valence-electron chi connectivity index (χ4n) is 4.97. The molecule has 10 nitrogen and oxygen atoms in total. The lowest BCUT2D eigenvalue weighted by Crippen LogP contribution is -2.57. The van der Waals surface area contributed by atoms with Gasteiger partial charge in [-0.25, -0.2) is 8.42 Å². The Hall–Kier alpha value is -1.31. The molecule has 1 aromatic carbocycles. The van der Waals surface area contributed by atoms with Gasteiger partial charge in [-0.05, 0) is 44.0 Å². The van der Waals surface area contributed by atoms with Crippen molar-refractivity contribution in [3.8, 4) is 0 Å². The molecule has 3 fully saturated rings. The van der Waals surface area contributed by atoms with E-state index in [4.69, 9.17) is 25.8 Å². The van der Waals surface area contributed by atoms with Crippen LogP contribution in [0, 0.1) is 0 Å². The molecule has 0 unspecified atom stereocenters. The van der Waals surface area contributed by atoms with Gasteiger partial charge in [0.05, 0.1) is 62.1 Å². The summed E-state index contributed by atoms with van der Waals surface area (Å²) in [6.45, 7) is 4.93. The van der Waals surface area contributed by atoms with Crippen LogP contribution in [0.25, 0.3) is 0 Å². The van der Waals surface area contributed by atoms with Crippen LogP contribution in [0.2, 0.25) is 5.02 Å². The van der Waals surface area contributed by atoms with Gasteiger partial charge in [0.25, 0.3) is 0 Å². The molecule has 3 saturated heterocycles. The first-order valence-electron chi connectivity index (χ1n) is 12.6. The maximum atomic E-state index is 13.5. The van der Waals surface area contributed by atoms with Crippen LogP contribution in [0.4, 0.5) is 0 Å². The van der Waals surface area contributed by atoms with Gasteiger partial charge in [-0.15, -0.1) is 0 Å². The number of aliphatic hydroxyl groups excluding tert-OH is 1. The molecule has 0 aromatic heterocycles. The summed E-state index contributed by atoms with van der Waals surface area (Å²) in [5, 5.41) is 13.6. The highest BCUT2D eigenvalue weighted by Gasteiger charge is 2.43. The largest absolute Gasteiger partial charge is 0.389 e. The Morgan fingerprint density at radius 2 is 1.97 bits per heavy atom. The molecule has 2 N–H and O–H groups in total. The molecule has 36 heavy (non-hydrogen) atoms. The molecule has 202 valence electrons. The highest BCUT2D eigenvalue weighted by atomic mass is 35.5. The van der Waals surface area contributed by atoms with E-state index >= 15 is 0 Å². The zero-order chi connectivity index (χ0) is 25.5. The summed E-state index contributed by atoms with van der Waals surface area (Å²) < 4.78 is 45.5. The van der Waals surface area contributed by atoms with Gasteiger partial charge in [-0.3, -0.25) is 9.69 Å². The Balaban J connectivity index is 1.33. The van der Waals surface area contributed by atoms with E-state index in [0.717, 1.165) is 39.3 Å². The van der Waals surface area contributed by atoms with Crippen LogP contribution < -0.4 is 5.32 Å².